The average Bonchev–Trinajstić information content (AvgIpc) is 2.59. The lowest BCUT2D eigenvalue weighted by atomic mass is 10.1. The van der Waals surface area contributed by atoms with E-state index in [4.69, 9.17) is 9.47 Å². The lowest BCUT2D eigenvalue weighted by Crippen LogP contribution is -2.25. The monoisotopic (exact) mass is 312 g/mol. The minimum absolute atomic E-state index is 0.0791. The number of methoxy groups -OCH3 is 1. The molecule has 2 aromatic carbocycles. The number of benzene rings is 2. The summed E-state index contributed by atoms with van der Waals surface area (Å²) in [5.41, 5.74) is 5.09. The highest BCUT2D eigenvalue weighted by molar-refractivity contribution is 5.99. The normalized spacial score (nSPS) is 11.0. The van der Waals surface area contributed by atoms with Crippen molar-refractivity contribution >= 4 is 11.6 Å². The Balaban J connectivity index is 1.88. The van der Waals surface area contributed by atoms with Gasteiger partial charge >= 0.3 is 0 Å². The van der Waals surface area contributed by atoms with Gasteiger partial charge in [0.15, 0.2) is 6.61 Å². The fourth-order valence-electron chi connectivity index (χ4n) is 1.94. The standard InChI is InChI=1S/C18H20N2O3/c1-13-6-4-5-7-17(13)23-12-18(21)20-19-14(2)15-8-10-16(22-3)11-9-15/h4-11H,12H2,1-3H3,(H,20,21). The van der Waals surface area contributed by atoms with Crippen LogP contribution in [0, 0.1) is 6.92 Å². The molecule has 0 spiro atoms. The van der Waals surface area contributed by atoms with Crippen molar-refractivity contribution in [2.24, 2.45) is 5.10 Å². The third kappa shape index (κ3) is 4.85. The van der Waals surface area contributed by atoms with Crippen molar-refractivity contribution in [2.75, 3.05) is 13.7 Å². The van der Waals surface area contributed by atoms with Gasteiger partial charge in [0.05, 0.1) is 12.8 Å². The number of rotatable bonds is 6. The summed E-state index contributed by atoms with van der Waals surface area (Å²) in [5, 5.41) is 4.08. The van der Waals surface area contributed by atoms with Gasteiger partial charge in [0.2, 0.25) is 0 Å². The van der Waals surface area contributed by atoms with E-state index in [0.29, 0.717) is 11.5 Å². The summed E-state index contributed by atoms with van der Waals surface area (Å²) in [4.78, 5) is 11.8. The van der Waals surface area contributed by atoms with Crippen LogP contribution in [0.4, 0.5) is 0 Å². The maximum atomic E-state index is 11.8. The first-order chi connectivity index (χ1) is 11.1. The highest BCUT2D eigenvalue weighted by Crippen LogP contribution is 2.15. The molecule has 0 saturated heterocycles. The van der Waals surface area contributed by atoms with Gasteiger partial charge in [-0.2, -0.15) is 5.10 Å². The van der Waals surface area contributed by atoms with Crippen LogP contribution in [0.3, 0.4) is 0 Å². The number of nitrogens with one attached hydrogen (secondary N) is 1. The van der Waals surface area contributed by atoms with Crippen LogP contribution < -0.4 is 14.9 Å². The highest BCUT2D eigenvalue weighted by Gasteiger charge is 2.04. The quantitative estimate of drug-likeness (QED) is 0.659. The van der Waals surface area contributed by atoms with E-state index in [1.807, 2.05) is 62.4 Å². The van der Waals surface area contributed by atoms with Crippen molar-refractivity contribution in [1.82, 2.24) is 5.43 Å². The zero-order chi connectivity index (χ0) is 16.7. The number of ether oxygens (including phenoxy) is 2. The molecular formula is C18H20N2O3. The largest absolute Gasteiger partial charge is 0.497 e. The van der Waals surface area contributed by atoms with Crippen LogP contribution in [-0.2, 0) is 4.79 Å². The van der Waals surface area contributed by atoms with Crippen LogP contribution in [0.2, 0.25) is 0 Å². The van der Waals surface area contributed by atoms with E-state index in [9.17, 15) is 4.79 Å². The van der Waals surface area contributed by atoms with Gasteiger partial charge in [-0.15, -0.1) is 0 Å². The second kappa shape index (κ2) is 7.98. The molecule has 5 nitrogen and oxygen atoms in total. The molecule has 0 aliphatic rings. The van der Waals surface area contributed by atoms with E-state index < -0.39 is 0 Å². The number of hydrogen-bond acceptors (Lipinski definition) is 4. The Morgan fingerprint density at radius 3 is 2.48 bits per heavy atom. The maximum absolute atomic E-state index is 11.8. The lowest BCUT2D eigenvalue weighted by Gasteiger charge is -2.08. The molecule has 23 heavy (non-hydrogen) atoms. The molecule has 0 atom stereocenters. The third-order valence-electron chi connectivity index (χ3n) is 3.31. The number of amides is 1. The number of nitrogens with zero attached hydrogens (tertiary/aromatic N) is 1. The molecule has 0 aliphatic carbocycles. The summed E-state index contributed by atoms with van der Waals surface area (Å²) < 4.78 is 10.6. The fourth-order valence-corrected chi connectivity index (χ4v) is 1.94. The molecule has 2 rings (SSSR count). The van der Waals surface area contributed by atoms with Crippen molar-refractivity contribution in [3.8, 4) is 11.5 Å². The number of hydrogen-bond donors (Lipinski definition) is 1. The first kappa shape index (κ1) is 16.5. The zero-order valence-corrected chi connectivity index (χ0v) is 13.5. The molecule has 0 radical (unpaired) electrons. The average molecular weight is 312 g/mol. The van der Waals surface area contributed by atoms with Crippen LogP contribution in [0.1, 0.15) is 18.1 Å². The first-order valence-electron chi connectivity index (χ1n) is 7.26. The molecule has 0 heterocycles. The number of carbonyl (C=O) groups excluding carboxylic acids is 1. The highest BCUT2D eigenvalue weighted by atomic mass is 16.5. The molecule has 1 N–H and O–H groups in total. The summed E-state index contributed by atoms with van der Waals surface area (Å²) in [7, 11) is 1.62. The van der Waals surface area contributed by atoms with Gasteiger partial charge in [-0.1, -0.05) is 18.2 Å². The number of para-hydroxylation sites is 1. The minimum Gasteiger partial charge on any atom is -0.497 e. The van der Waals surface area contributed by atoms with E-state index >= 15 is 0 Å². The van der Waals surface area contributed by atoms with Crippen molar-refractivity contribution < 1.29 is 14.3 Å². The molecule has 0 aromatic heterocycles. The van der Waals surface area contributed by atoms with Crippen molar-refractivity contribution in [2.45, 2.75) is 13.8 Å². The zero-order valence-electron chi connectivity index (χ0n) is 13.5. The Kier molecular flexibility index (Phi) is 5.74. The van der Waals surface area contributed by atoms with Crippen LogP contribution in [0.25, 0.3) is 0 Å². The molecule has 2 aromatic rings. The van der Waals surface area contributed by atoms with Crippen LogP contribution in [0.5, 0.6) is 11.5 Å². The molecule has 0 saturated carbocycles. The van der Waals surface area contributed by atoms with Gasteiger partial charge < -0.3 is 9.47 Å². The maximum Gasteiger partial charge on any atom is 0.277 e. The predicted octanol–water partition coefficient (Wildman–Crippen LogP) is 2.92. The summed E-state index contributed by atoms with van der Waals surface area (Å²) in [5.74, 6) is 1.16. The number of carbonyl (C=O) groups is 1. The molecule has 0 fully saturated rings. The van der Waals surface area contributed by atoms with E-state index in [-0.39, 0.29) is 12.5 Å². The second-order valence-corrected chi connectivity index (χ2v) is 5.01. The second-order valence-electron chi connectivity index (χ2n) is 5.01. The number of aryl methyl sites for hydroxylation is 1. The van der Waals surface area contributed by atoms with E-state index in [1.165, 1.54) is 0 Å². The Morgan fingerprint density at radius 1 is 1.13 bits per heavy atom. The molecule has 0 aliphatic heterocycles. The lowest BCUT2D eigenvalue weighted by molar-refractivity contribution is -0.123. The molecule has 120 valence electrons. The predicted molar refractivity (Wildman–Crippen MR) is 90.0 cm³/mol. The van der Waals surface area contributed by atoms with Crippen LogP contribution in [-0.4, -0.2) is 25.3 Å². The Labute approximate surface area is 135 Å². The van der Waals surface area contributed by atoms with Crippen molar-refractivity contribution in [3.05, 3.63) is 59.7 Å². The van der Waals surface area contributed by atoms with Gasteiger partial charge in [0.1, 0.15) is 11.5 Å². The van der Waals surface area contributed by atoms with Gasteiger partial charge in [0.25, 0.3) is 5.91 Å². The summed E-state index contributed by atoms with van der Waals surface area (Å²) >= 11 is 0. The minimum atomic E-state index is -0.305. The summed E-state index contributed by atoms with van der Waals surface area (Å²) in [6, 6.07) is 15.0. The first-order valence-corrected chi connectivity index (χ1v) is 7.26. The molecule has 0 unspecified atom stereocenters. The van der Waals surface area contributed by atoms with Gasteiger partial charge in [-0.05, 0) is 55.3 Å². The smallest absolute Gasteiger partial charge is 0.277 e. The summed E-state index contributed by atoms with van der Waals surface area (Å²) in [6.45, 7) is 3.67. The Bertz CT molecular complexity index is 694. The SMILES string of the molecule is COc1ccc(C(C)=NNC(=O)COc2ccccc2C)cc1. The van der Waals surface area contributed by atoms with Crippen molar-refractivity contribution in [1.29, 1.82) is 0 Å². The summed E-state index contributed by atoms with van der Waals surface area (Å²) in [6.07, 6.45) is 0. The topological polar surface area (TPSA) is 59.9 Å². The fraction of sp³-hybridized carbons (Fsp3) is 0.222. The molecule has 0 bridgehead atoms. The Morgan fingerprint density at radius 2 is 1.83 bits per heavy atom. The Hall–Kier alpha value is -2.82. The van der Waals surface area contributed by atoms with Crippen molar-refractivity contribution in [3.63, 3.8) is 0 Å². The molecular weight excluding hydrogens is 292 g/mol. The van der Waals surface area contributed by atoms with E-state index in [1.54, 1.807) is 7.11 Å². The molecule has 5 heteroatoms. The van der Waals surface area contributed by atoms with Gasteiger partial charge in [-0.3, -0.25) is 4.79 Å². The van der Waals surface area contributed by atoms with Gasteiger partial charge in [0, 0.05) is 0 Å². The molecule has 1 amide bonds. The van der Waals surface area contributed by atoms with Crippen LogP contribution >= 0.6 is 0 Å². The third-order valence-corrected chi connectivity index (χ3v) is 3.31. The van der Waals surface area contributed by atoms with Crippen LogP contribution in [0.15, 0.2) is 53.6 Å². The van der Waals surface area contributed by atoms with E-state index in [0.717, 1.165) is 16.9 Å². The van der Waals surface area contributed by atoms with E-state index in [2.05, 4.69) is 10.5 Å². The van der Waals surface area contributed by atoms with Gasteiger partial charge in [-0.25, -0.2) is 5.43 Å². The number of hydrazone groups is 1.